The van der Waals surface area contributed by atoms with Gasteiger partial charge in [0.25, 0.3) is 0 Å². The van der Waals surface area contributed by atoms with E-state index in [4.69, 9.17) is 14.2 Å². The summed E-state index contributed by atoms with van der Waals surface area (Å²) in [6, 6.07) is -0.735. The third kappa shape index (κ3) is 30.8. The van der Waals surface area contributed by atoms with Gasteiger partial charge < -0.3 is 28.6 Å². The Labute approximate surface area is 298 Å². The van der Waals surface area contributed by atoms with Crippen LogP contribution in [0.25, 0.3) is 0 Å². The number of allylic oxidation sites excluding steroid dienone is 10. The first-order valence-corrected chi connectivity index (χ1v) is 18.8. The Morgan fingerprint density at radius 1 is 0.633 bits per heavy atom. The van der Waals surface area contributed by atoms with Crippen molar-refractivity contribution >= 4 is 17.9 Å². The molecule has 280 valence electrons. The Hall–Kier alpha value is -2.97. The van der Waals surface area contributed by atoms with Crippen molar-refractivity contribution in [1.82, 2.24) is 0 Å². The summed E-state index contributed by atoms with van der Waals surface area (Å²) >= 11 is 0. The molecule has 8 nitrogen and oxygen atoms in total. The highest BCUT2D eigenvalue weighted by molar-refractivity contribution is 5.70. The molecular formula is C41H69NO7. The van der Waals surface area contributed by atoms with Gasteiger partial charge in [0.1, 0.15) is 12.6 Å². The highest BCUT2D eigenvalue weighted by Crippen LogP contribution is 2.12. The molecule has 0 aliphatic rings. The third-order valence-corrected chi connectivity index (χ3v) is 7.93. The second-order valence-electron chi connectivity index (χ2n) is 13.4. The van der Waals surface area contributed by atoms with Gasteiger partial charge >= 0.3 is 11.9 Å². The number of ether oxygens (including phenoxy) is 3. The molecule has 0 heterocycles. The minimum absolute atomic E-state index is 0.0163. The maximum Gasteiger partial charge on any atom is 0.306 e. The first-order valence-electron chi connectivity index (χ1n) is 18.8. The van der Waals surface area contributed by atoms with Crippen LogP contribution in [0.1, 0.15) is 129 Å². The second-order valence-corrected chi connectivity index (χ2v) is 13.4. The molecule has 0 rings (SSSR count). The van der Waals surface area contributed by atoms with Crippen LogP contribution in [0.15, 0.2) is 60.8 Å². The van der Waals surface area contributed by atoms with Crippen molar-refractivity contribution in [2.75, 3.05) is 41.0 Å². The molecule has 8 heteroatoms. The van der Waals surface area contributed by atoms with E-state index < -0.39 is 18.1 Å². The van der Waals surface area contributed by atoms with Crippen LogP contribution in [-0.2, 0) is 28.6 Å². The average molecular weight is 688 g/mol. The van der Waals surface area contributed by atoms with Crippen LogP contribution in [0.3, 0.4) is 0 Å². The fraction of sp³-hybridized carbons (Fsp3) is 0.683. The summed E-state index contributed by atoms with van der Waals surface area (Å²) in [7, 11) is 5.36. The van der Waals surface area contributed by atoms with Gasteiger partial charge in [0.2, 0.25) is 0 Å². The topological polar surface area (TPSA) is 102 Å². The third-order valence-electron chi connectivity index (χ3n) is 7.93. The average Bonchev–Trinajstić information content (AvgIpc) is 3.05. The van der Waals surface area contributed by atoms with E-state index in [9.17, 15) is 19.5 Å². The standard InChI is InChI=1S/C41H69NO7/c1-6-8-10-12-14-16-17-18-19-20-21-22-24-25-27-29-31-39(43)48-36-37(35-47-34-33-38(41(45)46)42(3,4)5)49-40(44)32-30-28-26-23-15-13-11-9-7-2/h8,10,14,16,18-19,21-22,25,27,37-38H,6-7,9,11-13,15,17,20,23-24,26,28-36H2,1-5H3/b10-8+,16-14+,19-18+,22-21+,27-25+. The molecule has 2 atom stereocenters. The summed E-state index contributed by atoms with van der Waals surface area (Å²) in [5, 5.41) is 11.6. The highest BCUT2D eigenvalue weighted by Gasteiger charge is 2.25. The van der Waals surface area contributed by atoms with Crippen molar-refractivity contribution < 1.29 is 38.2 Å². The van der Waals surface area contributed by atoms with E-state index in [2.05, 4.69) is 62.5 Å². The van der Waals surface area contributed by atoms with Gasteiger partial charge in [0.05, 0.1) is 40.3 Å². The van der Waals surface area contributed by atoms with Gasteiger partial charge in [0, 0.05) is 19.3 Å². The summed E-state index contributed by atoms with van der Waals surface area (Å²) in [5.74, 6) is -1.85. The first-order chi connectivity index (χ1) is 23.6. The summed E-state index contributed by atoms with van der Waals surface area (Å²) in [4.78, 5) is 36.5. The summed E-state index contributed by atoms with van der Waals surface area (Å²) in [5.41, 5.74) is 0. The van der Waals surface area contributed by atoms with Gasteiger partial charge in [-0.15, -0.1) is 0 Å². The van der Waals surface area contributed by atoms with Crippen LogP contribution < -0.4 is 5.11 Å². The number of carbonyl (C=O) groups is 3. The molecule has 0 N–H and O–H groups in total. The van der Waals surface area contributed by atoms with Crippen molar-refractivity contribution in [3.63, 3.8) is 0 Å². The molecule has 0 radical (unpaired) electrons. The molecule has 0 saturated heterocycles. The lowest BCUT2D eigenvalue weighted by Crippen LogP contribution is -2.55. The number of rotatable bonds is 32. The van der Waals surface area contributed by atoms with E-state index in [1.54, 1.807) is 21.1 Å². The number of unbranched alkanes of at least 4 members (excludes halogenated alkanes) is 8. The lowest BCUT2D eigenvalue weighted by atomic mass is 10.1. The molecule has 0 saturated carbocycles. The van der Waals surface area contributed by atoms with Crippen LogP contribution in [0.5, 0.6) is 0 Å². The van der Waals surface area contributed by atoms with Gasteiger partial charge in [-0.3, -0.25) is 9.59 Å². The number of carboxylic acids is 1. The zero-order valence-electron chi connectivity index (χ0n) is 31.6. The minimum Gasteiger partial charge on any atom is -0.544 e. The number of nitrogens with zero attached hydrogens (tertiary/aromatic N) is 1. The van der Waals surface area contributed by atoms with Crippen molar-refractivity contribution in [3.05, 3.63) is 60.8 Å². The van der Waals surface area contributed by atoms with E-state index >= 15 is 0 Å². The number of quaternary nitrogens is 1. The fourth-order valence-corrected chi connectivity index (χ4v) is 5.00. The minimum atomic E-state index is -1.14. The van der Waals surface area contributed by atoms with E-state index in [1.165, 1.54) is 38.5 Å². The summed E-state index contributed by atoms with van der Waals surface area (Å²) in [6.45, 7) is 4.41. The zero-order chi connectivity index (χ0) is 36.4. The molecule has 0 aromatic carbocycles. The zero-order valence-corrected chi connectivity index (χ0v) is 31.6. The smallest absolute Gasteiger partial charge is 0.306 e. The van der Waals surface area contributed by atoms with Crippen LogP contribution in [-0.4, -0.2) is 75.5 Å². The quantitative estimate of drug-likeness (QED) is 0.0305. The number of likely N-dealkylation sites (N-methyl/N-ethyl adjacent to an activating group) is 1. The predicted octanol–water partition coefficient (Wildman–Crippen LogP) is 8.13. The Bertz CT molecular complexity index is 990. The number of hydrogen-bond acceptors (Lipinski definition) is 7. The van der Waals surface area contributed by atoms with Crippen LogP contribution >= 0.6 is 0 Å². The van der Waals surface area contributed by atoms with E-state index in [0.29, 0.717) is 12.8 Å². The Morgan fingerprint density at radius 2 is 1.14 bits per heavy atom. The van der Waals surface area contributed by atoms with Crippen molar-refractivity contribution in [2.24, 2.45) is 0 Å². The number of hydrogen-bond donors (Lipinski definition) is 0. The Kier molecular flexibility index (Phi) is 30.3. The molecular weight excluding hydrogens is 618 g/mol. The van der Waals surface area contributed by atoms with Crippen molar-refractivity contribution in [3.8, 4) is 0 Å². The maximum atomic E-state index is 12.6. The summed E-state index contributed by atoms with van der Waals surface area (Å²) < 4.78 is 17.0. The van der Waals surface area contributed by atoms with Gasteiger partial charge in [-0.25, -0.2) is 0 Å². The van der Waals surface area contributed by atoms with Crippen molar-refractivity contribution in [1.29, 1.82) is 0 Å². The lowest BCUT2D eigenvalue weighted by Gasteiger charge is -2.34. The highest BCUT2D eigenvalue weighted by atomic mass is 16.6. The van der Waals surface area contributed by atoms with E-state index in [-0.39, 0.29) is 49.1 Å². The molecule has 2 unspecified atom stereocenters. The molecule has 0 aliphatic heterocycles. The van der Waals surface area contributed by atoms with Gasteiger partial charge in [-0.1, -0.05) is 126 Å². The van der Waals surface area contributed by atoms with Crippen LogP contribution in [0.2, 0.25) is 0 Å². The number of esters is 2. The molecule has 0 fully saturated rings. The molecule has 0 aromatic rings. The molecule has 0 bridgehead atoms. The molecule has 0 aliphatic carbocycles. The Morgan fingerprint density at radius 3 is 1.65 bits per heavy atom. The van der Waals surface area contributed by atoms with Gasteiger partial charge in [-0.2, -0.15) is 0 Å². The number of carbonyl (C=O) groups excluding carboxylic acids is 3. The lowest BCUT2D eigenvalue weighted by molar-refractivity contribution is -0.889. The van der Waals surface area contributed by atoms with Gasteiger partial charge in [0.15, 0.2) is 6.10 Å². The normalized spacial score (nSPS) is 13.7. The Balaban J connectivity index is 4.53. The summed E-state index contributed by atoms with van der Waals surface area (Å²) in [6.07, 6.45) is 36.9. The fourth-order valence-electron chi connectivity index (χ4n) is 5.00. The second kappa shape index (κ2) is 32.2. The van der Waals surface area contributed by atoms with Crippen LogP contribution in [0, 0.1) is 0 Å². The van der Waals surface area contributed by atoms with Gasteiger partial charge in [-0.05, 0) is 44.9 Å². The number of carboxylic acid groups (broad SMARTS) is 1. The van der Waals surface area contributed by atoms with Crippen molar-refractivity contribution in [2.45, 2.75) is 142 Å². The van der Waals surface area contributed by atoms with E-state index in [1.807, 2.05) is 12.2 Å². The molecule has 0 aromatic heterocycles. The SMILES string of the molecule is CC/C=C/C/C=C/C/C=C/C/C=C/C/C=C/CCC(=O)OCC(COCCC(C(=O)[O-])[N+](C)(C)C)OC(=O)CCCCCCCCCCC. The largest absolute Gasteiger partial charge is 0.544 e. The molecule has 0 spiro atoms. The maximum absolute atomic E-state index is 12.6. The van der Waals surface area contributed by atoms with E-state index in [0.717, 1.165) is 51.4 Å². The molecule has 49 heavy (non-hydrogen) atoms. The van der Waals surface area contributed by atoms with Crippen LogP contribution in [0.4, 0.5) is 0 Å². The number of aliphatic carboxylic acids is 1. The predicted molar refractivity (Wildman–Crippen MR) is 199 cm³/mol. The monoisotopic (exact) mass is 688 g/mol. The molecule has 0 amide bonds. The first kappa shape index (κ1) is 46.0.